The molecule has 1 aromatic carbocycles. The van der Waals surface area contributed by atoms with Crippen LogP contribution in [0.15, 0.2) is 36.5 Å². The van der Waals surface area contributed by atoms with Gasteiger partial charge in [0.1, 0.15) is 11.6 Å². The molecule has 2 aromatic rings. The minimum atomic E-state index is -0.338. The molecule has 4 heteroatoms. The molecular weight excluding hydrogens is 306 g/mol. The molecule has 1 atom stereocenters. The smallest absolute Gasteiger partial charge is 0.146 e. The Labute approximate surface area is 141 Å². The summed E-state index contributed by atoms with van der Waals surface area (Å²) >= 11 is 0. The zero-order valence-corrected chi connectivity index (χ0v) is 14.1. The lowest BCUT2D eigenvalue weighted by molar-refractivity contribution is 0.218. The van der Waals surface area contributed by atoms with E-state index < -0.39 is 0 Å². The number of hydrogen-bond donors (Lipinski definition) is 0. The number of benzene rings is 1. The lowest BCUT2D eigenvalue weighted by Gasteiger charge is -2.26. The number of nitrogens with zero attached hydrogens (tertiary/aromatic N) is 2. The van der Waals surface area contributed by atoms with Crippen molar-refractivity contribution in [1.29, 1.82) is 0 Å². The van der Waals surface area contributed by atoms with Gasteiger partial charge in [-0.1, -0.05) is 17.9 Å². The number of halogens is 2. The van der Waals surface area contributed by atoms with Crippen molar-refractivity contribution < 1.29 is 8.78 Å². The Morgan fingerprint density at radius 1 is 1.17 bits per heavy atom. The van der Waals surface area contributed by atoms with Gasteiger partial charge in [-0.2, -0.15) is 0 Å². The average molecular weight is 326 g/mol. The van der Waals surface area contributed by atoms with Crippen LogP contribution in [0.3, 0.4) is 0 Å². The van der Waals surface area contributed by atoms with Crippen LogP contribution in [0.25, 0.3) is 0 Å². The predicted molar refractivity (Wildman–Crippen MR) is 90.6 cm³/mol. The summed E-state index contributed by atoms with van der Waals surface area (Å²) in [6.45, 7) is 5.11. The first kappa shape index (κ1) is 16.6. The minimum Gasteiger partial charge on any atom is -0.301 e. The first-order valence-corrected chi connectivity index (χ1v) is 7.99. The van der Waals surface area contributed by atoms with E-state index in [2.05, 4.69) is 42.6 Å². The molecule has 1 aliphatic rings. The highest BCUT2D eigenvalue weighted by molar-refractivity contribution is 5.42. The normalized spacial score (nSPS) is 19.8. The highest BCUT2D eigenvalue weighted by Gasteiger charge is 2.38. The summed E-state index contributed by atoms with van der Waals surface area (Å²) in [5.41, 5.74) is 1.60. The summed E-state index contributed by atoms with van der Waals surface area (Å²) in [7, 11) is 2.05. The van der Waals surface area contributed by atoms with Gasteiger partial charge in [0.25, 0.3) is 0 Å². The van der Waals surface area contributed by atoms with Crippen LogP contribution in [0.4, 0.5) is 8.78 Å². The Morgan fingerprint density at radius 2 is 1.92 bits per heavy atom. The molecule has 3 rings (SSSR count). The molecule has 124 valence electrons. The van der Waals surface area contributed by atoms with Crippen LogP contribution >= 0.6 is 0 Å². The molecule has 24 heavy (non-hydrogen) atoms. The molecule has 2 heterocycles. The van der Waals surface area contributed by atoms with Gasteiger partial charge in [-0.05, 0) is 51.6 Å². The molecule has 1 aromatic heterocycles. The van der Waals surface area contributed by atoms with Crippen LogP contribution in [-0.4, -0.2) is 29.0 Å². The minimum absolute atomic E-state index is 0.0502. The third-order valence-electron chi connectivity index (χ3n) is 4.71. The van der Waals surface area contributed by atoms with Crippen molar-refractivity contribution in [1.82, 2.24) is 9.88 Å². The summed E-state index contributed by atoms with van der Waals surface area (Å²) in [5.74, 6) is 5.11. The molecule has 0 spiro atoms. The van der Waals surface area contributed by atoms with Gasteiger partial charge in [-0.25, -0.2) is 8.78 Å². The third kappa shape index (κ3) is 3.47. The third-order valence-corrected chi connectivity index (χ3v) is 4.71. The first-order valence-electron chi connectivity index (χ1n) is 7.99. The zero-order chi connectivity index (χ0) is 17.3. The Bertz CT molecular complexity index is 818. The molecule has 0 amide bonds. The number of pyridine rings is 1. The summed E-state index contributed by atoms with van der Waals surface area (Å²) < 4.78 is 27.6. The number of aromatic nitrogens is 1. The average Bonchev–Trinajstić information content (AvgIpc) is 2.79. The second-order valence-corrected chi connectivity index (χ2v) is 6.95. The molecule has 1 unspecified atom stereocenters. The zero-order valence-electron chi connectivity index (χ0n) is 14.1. The van der Waals surface area contributed by atoms with Gasteiger partial charge in [0.05, 0.1) is 5.69 Å². The van der Waals surface area contributed by atoms with Crippen molar-refractivity contribution in [2.75, 3.05) is 13.6 Å². The van der Waals surface area contributed by atoms with E-state index in [1.165, 1.54) is 18.2 Å². The topological polar surface area (TPSA) is 16.1 Å². The molecule has 0 aliphatic carbocycles. The lowest BCUT2D eigenvalue weighted by atomic mass is 9.93. The van der Waals surface area contributed by atoms with Crippen molar-refractivity contribution in [3.05, 3.63) is 65.0 Å². The molecule has 0 radical (unpaired) electrons. The second kappa shape index (κ2) is 6.33. The van der Waals surface area contributed by atoms with E-state index in [1.807, 2.05) is 0 Å². The van der Waals surface area contributed by atoms with Gasteiger partial charge in [0, 0.05) is 35.3 Å². The maximum absolute atomic E-state index is 14.5. The monoisotopic (exact) mass is 326 g/mol. The van der Waals surface area contributed by atoms with E-state index in [-0.39, 0.29) is 23.1 Å². The summed E-state index contributed by atoms with van der Waals surface area (Å²) in [4.78, 5) is 6.54. The fraction of sp³-hybridized carbons (Fsp3) is 0.350. The van der Waals surface area contributed by atoms with E-state index in [1.54, 1.807) is 18.3 Å². The Hall–Kier alpha value is -2.25. The van der Waals surface area contributed by atoms with Crippen molar-refractivity contribution in [3.8, 4) is 11.8 Å². The number of rotatable bonds is 1. The number of likely N-dealkylation sites (tertiary alicyclic amines) is 1. The quantitative estimate of drug-likeness (QED) is 0.738. The Kier molecular flexibility index (Phi) is 4.38. The van der Waals surface area contributed by atoms with Crippen molar-refractivity contribution in [2.24, 2.45) is 0 Å². The van der Waals surface area contributed by atoms with Gasteiger partial charge >= 0.3 is 0 Å². The first-order chi connectivity index (χ1) is 11.3. The van der Waals surface area contributed by atoms with Crippen LogP contribution in [0, 0.1) is 23.5 Å². The van der Waals surface area contributed by atoms with Gasteiger partial charge < -0.3 is 4.90 Å². The molecule has 0 N–H and O–H groups in total. The summed E-state index contributed by atoms with van der Waals surface area (Å²) in [5, 5.41) is 0. The molecule has 0 bridgehead atoms. The van der Waals surface area contributed by atoms with Crippen molar-refractivity contribution in [2.45, 2.75) is 31.7 Å². The Balaban J connectivity index is 1.81. The lowest BCUT2D eigenvalue weighted by Crippen LogP contribution is -2.34. The molecule has 2 nitrogen and oxygen atoms in total. The molecule has 0 saturated carbocycles. The van der Waals surface area contributed by atoms with Gasteiger partial charge in [-0.15, -0.1) is 0 Å². The van der Waals surface area contributed by atoms with Crippen molar-refractivity contribution >= 4 is 0 Å². The van der Waals surface area contributed by atoms with E-state index in [9.17, 15) is 8.78 Å². The largest absolute Gasteiger partial charge is 0.301 e. The van der Waals surface area contributed by atoms with Gasteiger partial charge in [0.15, 0.2) is 0 Å². The van der Waals surface area contributed by atoms with Crippen LogP contribution < -0.4 is 0 Å². The van der Waals surface area contributed by atoms with Gasteiger partial charge in [-0.3, -0.25) is 4.98 Å². The standard InChI is InChI=1S/C20H20F2N2/c1-20(2)11-16(13-24(20)3)19-18(22)10-15(12-23-19)8-7-14-5-4-6-17(21)9-14/h4-6,9-10,12,16H,11,13H2,1-3H3. The predicted octanol–water partition coefficient (Wildman–Crippen LogP) is 3.96. The molecule has 1 aliphatic heterocycles. The summed E-state index contributed by atoms with van der Waals surface area (Å²) in [6, 6.07) is 7.44. The Morgan fingerprint density at radius 3 is 2.54 bits per heavy atom. The number of hydrogen-bond acceptors (Lipinski definition) is 2. The summed E-state index contributed by atoms with van der Waals surface area (Å²) in [6.07, 6.45) is 2.47. The highest BCUT2D eigenvalue weighted by atomic mass is 19.1. The van der Waals surface area contributed by atoms with Crippen LogP contribution in [0.2, 0.25) is 0 Å². The molecule has 1 saturated heterocycles. The van der Waals surface area contributed by atoms with Crippen LogP contribution in [-0.2, 0) is 0 Å². The van der Waals surface area contributed by atoms with E-state index in [0.29, 0.717) is 16.8 Å². The maximum Gasteiger partial charge on any atom is 0.146 e. The van der Waals surface area contributed by atoms with E-state index in [0.717, 1.165) is 13.0 Å². The van der Waals surface area contributed by atoms with E-state index >= 15 is 0 Å². The molecule has 1 fully saturated rings. The SMILES string of the molecule is CN1CC(c2ncc(C#Cc3cccc(F)c3)cc2F)CC1(C)C. The number of likely N-dealkylation sites (N-methyl/N-ethyl adjacent to an activating group) is 1. The van der Waals surface area contributed by atoms with Crippen molar-refractivity contribution in [3.63, 3.8) is 0 Å². The highest BCUT2D eigenvalue weighted by Crippen LogP contribution is 2.37. The fourth-order valence-electron chi connectivity index (χ4n) is 3.11. The fourth-order valence-corrected chi connectivity index (χ4v) is 3.11. The second-order valence-electron chi connectivity index (χ2n) is 6.95. The van der Waals surface area contributed by atoms with Crippen LogP contribution in [0.1, 0.15) is 43.0 Å². The van der Waals surface area contributed by atoms with Gasteiger partial charge in [0.2, 0.25) is 0 Å². The molecular formula is C20H20F2N2. The van der Waals surface area contributed by atoms with E-state index in [4.69, 9.17) is 0 Å². The maximum atomic E-state index is 14.5. The van der Waals surface area contributed by atoms with Crippen LogP contribution in [0.5, 0.6) is 0 Å².